The van der Waals surface area contributed by atoms with Gasteiger partial charge in [0.2, 0.25) is 0 Å². The maximum Gasteiger partial charge on any atom is 0.255 e. The van der Waals surface area contributed by atoms with E-state index in [1.54, 1.807) is 0 Å². The second-order valence-electron chi connectivity index (χ2n) is 4.54. The standard InChI is InChI=1S/C13H19NO4/c1-3-13(2,6-7-15)14-12(18)10-5-4-9(16)8-11(10)17/h4-5,8,15-17H,3,6-7H2,1-2H3,(H,14,18). The van der Waals surface area contributed by atoms with Crippen LogP contribution in [0.5, 0.6) is 11.5 Å². The molecule has 0 bridgehead atoms. The van der Waals surface area contributed by atoms with Gasteiger partial charge in [-0.05, 0) is 31.9 Å². The Hall–Kier alpha value is -1.75. The molecule has 100 valence electrons. The minimum Gasteiger partial charge on any atom is -0.508 e. The molecule has 1 amide bonds. The molecule has 4 N–H and O–H groups in total. The van der Waals surface area contributed by atoms with Gasteiger partial charge in [0.05, 0.1) is 5.56 Å². The van der Waals surface area contributed by atoms with Gasteiger partial charge >= 0.3 is 0 Å². The van der Waals surface area contributed by atoms with Crippen molar-refractivity contribution in [3.05, 3.63) is 23.8 Å². The molecule has 0 aliphatic carbocycles. The van der Waals surface area contributed by atoms with Crippen molar-refractivity contribution in [1.29, 1.82) is 0 Å². The lowest BCUT2D eigenvalue weighted by Crippen LogP contribution is -2.46. The Kier molecular flexibility index (Phi) is 4.55. The van der Waals surface area contributed by atoms with Crippen LogP contribution in [0, 0.1) is 0 Å². The molecule has 0 saturated carbocycles. The van der Waals surface area contributed by atoms with E-state index in [9.17, 15) is 9.90 Å². The SMILES string of the molecule is CCC(C)(CCO)NC(=O)c1ccc(O)cc1O. The summed E-state index contributed by atoms with van der Waals surface area (Å²) in [4.78, 5) is 12.0. The Morgan fingerprint density at radius 3 is 2.56 bits per heavy atom. The number of carbonyl (C=O) groups is 1. The first-order chi connectivity index (χ1) is 8.41. The van der Waals surface area contributed by atoms with Crippen molar-refractivity contribution >= 4 is 5.91 Å². The van der Waals surface area contributed by atoms with Crippen molar-refractivity contribution in [2.24, 2.45) is 0 Å². The van der Waals surface area contributed by atoms with Crippen LogP contribution in [0.2, 0.25) is 0 Å². The predicted octanol–water partition coefficient (Wildman–Crippen LogP) is 1.38. The monoisotopic (exact) mass is 253 g/mol. The largest absolute Gasteiger partial charge is 0.508 e. The topological polar surface area (TPSA) is 89.8 Å². The van der Waals surface area contributed by atoms with Crippen molar-refractivity contribution in [2.75, 3.05) is 6.61 Å². The average Bonchev–Trinajstić information content (AvgIpc) is 2.28. The third-order valence-corrected chi connectivity index (χ3v) is 3.09. The lowest BCUT2D eigenvalue weighted by molar-refractivity contribution is 0.0883. The van der Waals surface area contributed by atoms with Gasteiger partial charge in [0.15, 0.2) is 0 Å². The summed E-state index contributed by atoms with van der Waals surface area (Å²) >= 11 is 0. The molecule has 0 aromatic heterocycles. The Bertz CT molecular complexity index is 433. The van der Waals surface area contributed by atoms with Crippen LogP contribution in [0.25, 0.3) is 0 Å². The van der Waals surface area contributed by atoms with Gasteiger partial charge in [-0.25, -0.2) is 0 Å². The van der Waals surface area contributed by atoms with Crippen molar-refractivity contribution < 1.29 is 20.1 Å². The summed E-state index contributed by atoms with van der Waals surface area (Å²) in [5.41, 5.74) is -0.415. The fourth-order valence-corrected chi connectivity index (χ4v) is 1.63. The van der Waals surface area contributed by atoms with E-state index in [1.165, 1.54) is 12.1 Å². The highest BCUT2D eigenvalue weighted by Gasteiger charge is 2.25. The number of hydrogen-bond donors (Lipinski definition) is 4. The summed E-state index contributed by atoms with van der Waals surface area (Å²) in [6.07, 6.45) is 1.10. The predicted molar refractivity (Wildman–Crippen MR) is 67.6 cm³/mol. The summed E-state index contributed by atoms with van der Waals surface area (Å²) < 4.78 is 0. The average molecular weight is 253 g/mol. The highest BCUT2D eigenvalue weighted by Crippen LogP contribution is 2.23. The Morgan fingerprint density at radius 2 is 2.06 bits per heavy atom. The third-order valence-electron chi connectivity index (χ3n) is 3.09. The number of aromatic hydroxyl groups is 2. The van der Waals surface area contributed by atoms with Crippen LogP contribution in [0.3, 0.4) is 0 Å². The van der Waals surface area contributed by atoms with Gasteiger partial charge in [0.1, 0.15) is 11.5 Å². The number of amides is 1. The van der Waals surface area contributed by atoms with Gasteiger partial charge < -0.3 is 20.6 Å². The van der Waals surface area contributed by atoms with Crippen molar-refractivity contribution in [2.45, 2.75) is 32.2 Å². The van der Waals surface area contributed by atoms with Crippen molar-refractivity contribution in [1.82, 2.24) is 5.32 Å². The Morgan fingerprint density at radius 1 is 1.39 bits per heavy atom. The minimum atomic E-state index is -0.518. The van der Waals surface area contributed by atoms with Gasteiger partial charge in [0.25, 0.3) is 5.91 Å². The highest BCUT2D eigenvalue weighted by molar-refractivity contribution is 5.97. The number of carbonyl (C=O) groups excluding carboxylic acids is 1. The van der Waals surface area contributed by atoms with Crippen LogP contribution in [-0.4, -0.2) is 33.4 Å². The molecular weight excluding hydrogens is 234 g/mol. The van der Waals surface area contributed by atoms with E-state index in [0.29, 0.717) is 12.8 Å². The summed E-state index contributed by atoms with van der Waals surface area (Å²) in [5, 5.41) is 30.5. The zero-order valence-electron chi connectivity index (χ0n) is 10.6. The van der Waals surface area contributed by atoms with Gasteiger partial charge in [-0.15, -0.1) is 0 Å². The molecule has 0 heterocycles. The van der Waals surface area contributed by atoms with Gasteiger partial charge in [0, 0.05) is 18.2 Å². The van der Waals surface area contributed by atoms with Crippen LogP contribution in [0.15, 0.2) is 18.2 Å². The second-order valence-corrected chi connectivity index (χ2v) is 4.54. The van der Waals surface area contributed by atoms with Gasteiger partial charge in [-0.3, -0.25) is 4.79 Å². The smallest absolute Gasteiger partial charge is 0.255 e. The summed E-state index contributed by atoms with van der Waals surface area (Å²) in [7, 11) is 0. The van der Waals surface area contributed by atoms with Gasteiger partial charge in [-0.2, -0.15) is 0 Å². The summed E-state index contributed by atoms with van der Waals surface area (Å²) in [6, 6.07) is 3.81. The Labute approximate surface area is 106 Å². The second kappa shape index (κ2) is 5.73. The first kappa shape index (κ1) is 14.3. The maximum atomic E-state index is 12.0. The molecule has 0 spiro atoms. The van der Waals surface area contributed by atoms with E-state index in [-0.39, 0.29) is 23.7 Å². The lowest BCUT2D eigenvalue weighted by Gasteiger charge is -2.29. The highest BCUT2D eigenvalue weighted by atomic mass is 16.3. The molecule has 1 aromatic rings. The first-order valence-corrected chi connectivity index (χ1v) is 5.87. The molecule has 0 saturated heterocycles. The lowest BCUT2D eigenvalue weighted by atomic mass is 9.94. The summed E-state index contributed by atoms with van der Waals surface area (Å²) in [5.74, 6) is -0.794. The molecule has 0 radical (unpaired) electrons. The van der Waals surface area contributed by atoms with E-state index < -0.39 is 11.4 Å². The fourth-order valence-electron chi connectivity index (χ4n) is 1.63. The number of phenolic OH excluding ortho intramolecular Hbond substituents is 2. The van der Waals surface area contributed by atoms with Crippen LogP contribution in [0.4, 0.5) is 0 Å². The first-order valence-electron chi connectivity index (χ1n) is 5.87. The van der Waals surface area contributed by atoms with E-state index in [1.807, 2.05) is 13.8 Å². The van der Waals surface area contributed by atoms with Crippen LogP contribution in [0.1, 0.15) is 37.0 Å². The molecule has 1 atom stereocenters. The molecule has 5 heteroatoms. The number of aliphatic hydroxyl groups is 1. The molecule has 5 nitrogen and oxygen atoms in total. The van der Waals surface area contributed by atoms with E-state index in [2.05, 4.69) is 5.32 Å². The fraction of sp³-hybridized carbons (Fsp3) is 0.462. The van der Waals surface area contributed by atoms with Crippen LogP contribution < -0.4 is 5.32 Å². The third kappa shape index (κ3) is 3.37. The van der Waals surface area contributed by atoms with E-state index >= 15 is 0 Å². The van der Waals surface area contributed by atoms with Crippen LogP contribution in [-0.2, 0) is 0 Å². The summed E-state index contributed by atoms with van der Waals surface area (Å²) in [6.45, 7) is 3.72. The number of aliphatic hydroxyl groups excluding tert-OH is 1. The zero-order valence-corrected chi connectivity index (χ0v) is 10.6. The molecule has 1 unspecified atom stereocenters. The maximum absolute atomic E-state index is 12.0. The zero-order chi connectivity index (χ0) is 13.8. The molecule has 0 aliphatic heterocycles. The van der Waals surface area contributed by atoms with Crippen molar-refractivity contribution in [3.8, 4) is 11.5 Å². The number of benzene rings is 1. The molecule has 0 aliphatic rings. The van der Waals surface area contributed by atoms with Gasteiger partial charge in [-0.1, -0.05) is 6.92 Å². The van der Waals surface area contributed by atoms with Crippen molar-refractivity contribution in [3.63, 3.8) is 0 Å². The molecule has 1 rings (SSSR count). The number of rotatable bonds is 5. The Balaban J connectivity index is 2.87. The minimum absolute atomic E-state index is 0.0216. The number of nitrogens with one attached hydrogen (secondary N) is 1. The number of hydrogen-bond acceptors (Lipinski definition) is 4. The van der Waals surface area contributed by atoms with Crippen LogP contribution >= 0.6 is 0 Å². The molecular formula is C13H19NO4. The molecule has 1 aromatic carbocycles. The molecule has 0 fully saturated rings. The normalized spacial score (nSPS) is 13.9. The molecule has 18 heavy (non-hydrogen) atoms. The quantitative estimate of drug-likeness (QED) is 0.638. The van der Waals surface area contributed by atoms with E-state index in [4.69, 9.17) is 10.2 Å². The number of phenols is 2. The van der Waals surface area contributed by atoms with E-state index in [0.717, 1.165) is 6.07 Å².